The lowest BCUT2D eigenvalue weighted by Gasteiger charge is -2.37. The number of nitrogens with zero attached hydrogens (tertiary/aromatic N) is 2. The lowest BCUT2D eigenvalue weighted by Crippen LogP contribution is -2.48. The molecule has 0 saturated carbocycles. The average Bonchev–Trinajstić information content (AvgIpc) is 2.98. The van der Waals surface area contributed by atoms with Crippen molar-refractivity contribution in [3.63, 3.8) is 0 Å². The number of nitrogens with one attached hydrogen (secondary N) is 1. The van der Waals surface area contributed by atoms with E-state index in [1.165, 1.54) is 6.42 Å². The Labute approximate surface area is 135 Å². The first-order valence-electron chi connectivity index (χ1n) is 8.80. The van der Waals surface area contributed by atoms with E-state index < -0.39 is 0 Å². The summed E-state index contributed by atoms with van der Waals surface area (Å²) in [6.07, 6.45) is 3.49. The Kier molecular flexibility index (Phi) is 7.46. The molecule has 2 aliphatic rings. The molecular formula is C17H33N3O2. The van der Waals surface area contributed by atoms with Gasteiger partial charge >= 0.3 is 0 Å². The van der Waals surface area contributed by atoms with Crippen LogP contribution >= 0.6 is 0 Å². The molecule has 22 heavy (non-hydrogen) atoms. The molecule has 2 fully saturated rings. The quantitative estimate of drug-likeness (QED) is 0.463. The Morgan fingerprint density at radius 1 is 1.32 bits per heavy atom. The largest absolute Gasteiger partial charge is 0.381 e. The molecule has 3 unspecified atom stereocenters. The number of guanidine groups is 1. The van der Waals surface area contributed by atoms with Crippen molar-refractivity contribution in [2.75, 3.05) is 53.1 Å². The number of aliphatic imine (C=N–C) groups is 1. The maximum atomic E-state index is 5.74. The van der Waals surface area contributed by atoms with Crippen LogP contribution in [-0.2, 0) is 9.47 Å². The molecule has 0 aromatic rings. The molecule has 5 nitrogen and oxygen atoms in total. The zero-order valence-electron chi connectivity index (χ0n) is 14.5. The van der Waals surface area contributed by atoms with Gasteiger partial charge in [-0.3, -0.25) is 4.99 Å². The van der Waals surface area contributed by atoms with Crippen LogP contribution in [0.15, 0.2) is 4.99 Å². The third-order valence-corrected chi connectivity index (χ3v) is 4.51. The van der Waals surface area contributed by atoms with Crippen molar-refractivity contribution in [3.8, 4) is 0 Å². The molecule has 128 valence electrons. The van der Waals surface area contributed by atoms with E-state index in [0.717, 1.165) is 76.7 Å². The van der Waals surface area contributed by atoms with Crippen LogP contribution in [0, 0.1) is 17.8 Å². The van der Waals surface area contributed by atoms with Crippen LogP contribution in [0.3, 0.4) is 0 Å². The monoisotopic (exact) mass is 311 g/mol. The molecule has 5 heteroatoms. The zero-order valence-corrected chi connectivity index (χ0v) is 14.5. The highest BCUT2D eigenvalue weighted by Gasteiger charge is 2.23. The van der Waals surface area contributed by atoms with Crippen LogP contribution in [0.5, 0.6) is 0 Å². The molecule has 0 aliphatic carbocycles. The molecule has 0 bridgehead atoms. The minimum absolute atomic E-state index is 0.608. The van der Waals surface area contributed by atoms with Gasteiger partial charge in [0.05, 0.1) is 13.2 Å². The molecule has 2 saturated heterocycles. The van der Waals surface area contributed by atoms with Crippen LogP contribution < -0.4 is 5.32 Å². The molecule has 0 amide bonds. The van der Waals surface area contributed by atoms with E-state index >= 15 is 0 Å². The van der Waals surface area contributed by atoms with Gasteiger partial charge in [-0.15, -0.1) is 0 Å². The summed E-state index contributed by atoms with van der Waals surface area (Å²) < 4.78 is 11.1. The van der Waals surface area contributed by atoms with Gasteiger partial charge in [-0.2, -0.15) is 0 Å². The van der Waals surface area contributed by atoms with E-state index in [1.54, 1.807) is 0 Å². The summed E-state index contributed by atoms with van der Waals surface area (Å²) in [5, 5.41) is 3.48. The highest BCUT2D eigenvalue weighted by molar-refractivity contribution is 5.79. The summed E-state index contributed by atoms with van der Waals surface area (Å²) in [5.74, 6) is 3.15. The highest BCUT2D eigenvalue weighted by Crippen LogP contribution is 2.20. The Morgan fingerprint density at radius 2 is 2.09 bits per heavy atom. The number of hydrogen-bond acceptors (Lipinski definition) is 3. The minimum atomic E-state index is 0.608. The Bertz CT molecular complexity index is 333. The zero-order chi connectivity index (χ0) is 15.8. The average molecular weight is 311 g/mol. The molecule has 2 aliphatic heterocycles. The third-order valence-electron chi connectivity index (χ3n) is 4.51. The number of rotatable bonds is 6. The van der Waals surface area contributed by atoms with Crippen molar-refractivity contribution in [3.05, 3.63) is 0 Å². The van der Waals surface area contributed by atoms with E-state index in [0.29, 0.717) is 5.92 Å². The fourth-order valence-electron chi connectivity index (χ4n) is 3.51. The normalized spacial score (nSPS) is 29.9. The van der Waals surface area contributed by atoms with Crippen LogP contribution in [0.1, 0.15) is 33.1 Å². The Morgan fingerprint density at radius 3 is 2.73 bits per heavy atom. The van der Waals surface area contributed by atoms with Gasteiger partial charge in [-0.05, 0) is 31.1 Å². The summed E-state index contributed by atoms with van der Waals surface area (Å²) in [4.78, 5) is 6.83. The number of piperidine rings is 1. The molecule has 3 atom stereocenters. The topological polar surface area (TPSA) is 46.1 Å². The Hall–Kier alpha value is -0.810. The third kappa shape index (κ3) is 5.76. The predicted octanol–water partition coefficient (Wildman–Crippen LogP) is 1.98. The fraction of sp³-hybridized carbons (Fsp3) is 0.941. The molecule has 1 N–H and O–H groups in total. The summed E-state index contributed by atoms with van der Waals surface area (Å²) in [5.41, 5.74) is 0. The smallest absolute Gasteiger partial charge is 0.193 e. The van der Waals surface area contributed by atoms with E-state index in [9.17, 15) is 0 Å². The van der Waals surface area contributed by atoms with Crippen LogP contribution in [-0.4, -0.2) is 64.0 Å². The van der Waals surface area contributed by atoms with Gasteiger partial charge in [0.1, 0.15) is 0 Å². The first kappa shape index (κ1) is 17.5. The standard InChI is InChI=1S/C17H33N3O2/c1-14-9-15(2)11-20(10-14)17(18-3)19-6-4-7-21-12-16-5-8-22-13-16/h14-16H,4-13H2,1-3H3,(H,18,19). The second-order valence-electron chi connectivity index (χ2n) is 6.98. The molecule has 2 heterocycles. The summed E-state index contributed by atoms with van der Waals surface area (Å²) in [7, 11) is 1.88. The second-order valence-corrected chi connectivity index (χ2v) is 6.98. The van der Waals surface area contributed by atoms with Gasteiger partial charge < -0.3 is 19.7 Å². The van der Waals surface area contributed by atoms with Gasteiger partial charge in [0.2, 0.25) is 0 Å². The van der Waals surface area contributed by atoms with E-state index in [2.05, 4.69) is 29.1 Å². The van der Waals surface area contributed by atoms with Crippen molar-refractivity contribution in [1.29, 1.82) is 0 Å². The molecule has 0 aromatic heterocycles. The predicted molar refractivity (Wildman–Crippen MR) is 90.2 cm³/mol. The van der Waals surface area contributed by atoms with E-state index in [1.807, 2.05) is 7.05 Å². The SMILES string of the molecule is CN=C(NCCCOCC1CCOC1)N1CC(C)CC(C)C1. The summed E-state index contributed by atoms with van der Waals surface area (Å²) in [6, 6.07) is 0. The number of likely N-dealkylation sites (tertiary alicyclic amines) is 1. The fourth-order valence-corrected chi connectivity index (χ4v) is 3.51. The lowest BCUT2D eigenvalue weighted by molar-refractivity contribution is 0.0886. The highest BCUT2D eigenvalue weighted by atomic mass is 16.5. The Balaban J connectivity index is 1.58. The summed E-state index contributed by atoms with van der Waals surface area (Å²) >= 11 is 0. The molecule has 0 radical (unpaired) electrons. The minimum Gasteiger partial charge on any atom is -0.381 e. The maximum Gasteiger partial charge on any atom is 0.193 e. The van der Waals surface area contributed by atoms with E-state index in [4.69, 9.17) is 9.47 Å². The van der Waals surface area contributed by atoms with Gasteiger partial charge in [-0.1, -0.05) is 13.8 Å². The summed E-state index contributed by atoms with van der Waals surface area (Å²) in [6.45, 7) is 11.2. The van der Waals surface area contributed by atoms with Gasteiger partial charge in [0, 0.05) is 45.8 Å². The number of ether oxygens (including phenoxy) is 2. The van der Waals surface area contributed by atoms with Crippen molar-refractivity contribution in [1.82, 2.24) is 10.2 Å². The molecular weight excluding hydrogens is 278 g/mol. The molecule has 0 spiro atoms. The van der Waals surface area contributed by atoms with Crippen molar-refractivity contribution in [2.45, 2.75) is 33.1 Å². The van der Waals surface area contributed by atoms with E-state index in [-0.39, 0.29) is 0 Å². The van der Waals surface area contributed by atoms with Crippen LogP contribution in [0.4, 0.5) is 0 Å². The maximum absolute atomic E-state index is 5.74. The first-order chi connectivity index (χ1) is 10.7. The lowest BCUT2D eigenvalue weighted by atomic mass is 9.92. The van der Waals surface area contributed by atoms with Crippen molar-refractivity contribution < 1.29 is 9.47 Å². The number of hydrogen-bond donors (Lipinski definition) is 1. The van der Waals surface area contributed by atoms with Crippen molar-refractivity contribution >= 4 is 5.96 Å². The van der Waals surface area contributed by atoms with Gasteiger partial charge in [-0.25, -0.2) is 0 Å². The van der Waals surface area contributed by atoms with Crippen LogP contribution in [0.25, 0.3) is 0 Å². The van der Waals surface area contributed by atoms with Gasteiger partial charge in [0.15, 0.2) is 5.96 Å². The van der Waals surface area contributed by atoms with Gasteiger partial charge in [0.25, 0.3) is 0 Å². The first-order valence-corrected chi connectivity index (χ1v) is 8.80. The molecule has 2 rings (SSSR count). The van der Waals surface area contributed by atoms with Crippen molar-refractivity contribution in [2.24, 2.45) is 22.7 Å². The molecule has 0 aromatic carbocycles. The second kappa shape index (κ2) is 9.36. The van der Waals surface area contributed by atoms with Crippen LogP contribution in [0.2, 0.25) is 0 Å².